The van der Waals surface area contributed by atoms with Crippen molar-refractivity contribution < 1.29 is 0 Å². The van der Waals surface area contributed by atoms with Crippen LogP contribution in [0.3, 0.4) is 0 Å². The molecule has 5 heteroatoms. The second-order valence-electron chi connectivity index (χ2n) is 7.85. The lowest BCUT2D eigenvalue weighted by Gasteiger charge is -2.22. The van der Waals surface area contributed by atoms with Gasteiger partial charge in [0.05, 0.1) is 5.69 Å². The smallest absolute Gasteiger partial charge is 0.224 e. The van der Waals surface area contributed by atoms with Crippen LogP contribution in [0.15, 0.2) is 24.3 Å². The summed E-state index contributed by atoms with van der Waals surface area (Å²) < 4.78 is 0. The van der Waals surface area contributed by atoms with E-state index in [0.717, 1.165) is 36.2 Å². The normalized spacial score (nSPS) is 18.3. The molecule has 26 heavy (non-hydrogen) atoms. The number of anilines is 2. The summed E-state index contributed by atoms with van der Waals surface area (Å²) in [6.45, 7) is 6.12. The number of fused-ring (bicyclic) bond motifs is 1. The van der Waals surface area contributed by atoms with E-state index in [-0.39, 0.29) is 0 Å². The Hall–Kier alpha value is -1.65. The van der Waals surface area contributed by atoms with Gasteiger partial charge in [0, 0.05) is 30.4 Å². The zero-order valence-electron chi connectivity index (χ0n) is 15.6. The Morgan fingerprint density at radius 3 is 2.46 bits per heavy atom. The van der Waals surface area contributed by atoms with E-state index in [9.17, 15) is 0 Å². The van der Waals surface area contributed by atoms with Gasteiger partial charge in [-0.2, -0.15) is 0 Å². The average Bonchev–Trinajstić information content (AvgIpc) is 3.08. The number of nitrogens with one attached hydrogen (secondary N) is 1. The summed E-state index contributed by atoms with van der Waals surface area (Å²) in [6, 6.07) is 9.35. The first-order valence-corrected chi connectivity index (χ1v) is 10.1. The second-order valence-corrected chi connectivity index (χ2v) is 8.19. The van der Waals surface area contributed by atoms with Crippen molar-refractivity contribution in [2.75, 3.05) is 5.32 Å². The highest BCUT2D eigenvalue weighted by atomic mass is 35.5. The van der Waals surface area contributed by atoms with Crippen molar-refractivity contribution >= 4 is 23.1 Å². The van der Waals surface area contributed by atoms with Crippen molar-refractivity contribution in [2.45, 2.75) is 71.0 Å². The Morgan fingerprint density at radius 2 is 1.77 bits per heavy atom. The second kappa shape index (κ2) is 7.53. The fourth-order valence-electron chi connectivity index (χ4n) is 4.13. The van der Waals surface area contributed by atoms with Crippen molar-refractivity contribution in [2.24, 2.45) is 0 Å². The van der Waals surface area contributed by atoms with Gasteiger partial charge in [-0.3, -0.25) is 4.90 Å². The zero-order valence-corrected chi connectivity index (χ0v) is 16.4. The molecule has 0 unspecified atom stereocenters. The summed E-state index contributed by atoms with van der Waals surface area (Å²) in [4.78, 5) is 11.3. The summed E-state index contributed by atoms with van der Waals surface area (Å²) in [5, 5.41) is 3.79. The minimum absolute atomic E-state index is 0.315. The molecule has 0 saturated heterocycles. The summed E-state index contributed by atoms with van der Waals surface area (Å²) in [5.74, 6) is 1.57. The van der Waals surface area contributed by atoms with Crippen LogP contribution < -0.4 is 5.32 Å². The molecule has 0 spiro atoms. The van der Waals surface area contributed by atoms with E-state index >= 15 is 0 Å². The minimum Gasteiger partial charge on any atom is -0.340 e. The molecule has 0 bridgehead atoms. The molecule has 1 aromatic heterocycles. The van der Waals surface area contributed by atoms with Crippen LogP contribution in [-0.4, -0.2) is 20.9 Å². The molecular formula is C21H27ClN4. The third kappa shape index (κ3) is 3.72. The molecule has 2 aromatic rings. The SMILES string of the molecule is CC(C)N1Cc2nc(Cl)nc(Nc3ccc(C4CCCCC4)cc3)c2C1. The molecule has 4 rings (SSSR count). The van der Waals surface area contributed by atoms with E-state index in [0.29, 0.717) is 11.3 Å². The highest BCUT2D eigenvalue weighted by Gasteiger charge is 2.26. The lowest BCUT2D eigenvalue weighted by molar-refractivity contribution is 0.226. The van der Waals surface area contributed by atoms with Gasteiger partial charge in [-0.15, -0.1) is 0 Å². The van der Waals surface area contributed by atoms with E-state index < -0.39 is 0 Å². The van der Waals surface area contributed by atoms with E-state index in [1.807, 2.05) is 0 Å². The molecule has 4 nitrogen and oxygen atoms in total. The maximum Gasteiger partial charge on any atom is 0.224 e. The third-order valence-corrected chi connectivity index (χ3v) is 5.93. The number of hydrogen-bond acceptors (Lipinski definition) is 4. The van der Waals surface area contributed by atoms with Crippen molar-refractivity contribution in [1.82, 2.24) is 14.9 Å². The van der Waals surface area contributed by atoms with Gasteiger partial charge in [0.25, 0.3) is 0 Å². The molecule has 1 aliphatic heterocycles. The minimum atomic E-state index is 0.315. The highest BCUT2D eigenvalue weighted by Crippen LogP contribution is 2.34. The largest absolute Gasteiger partial charge is 0.340 e. The quantitative estimate of drug-likeness (QED) is 0.706. The molecule has 0 atom stereocenters. The Balaban J connectivity index is 1.53. The van der Waals surface area contributed by atoms with Crippen LogP contribution in [0.1, 0.15) is 68.7 Å². The van der Waals surface area contributed by atoms with E-state index in [1.165, 1.54) is 43.2 Å². The molecule has 138 valence electrons. The summed E-state index contributed by atoms with van der Waals surface area (Å²) >= 11 is 6.17. The van der Waals surface area contributed by atoms with Crippen molar-refractivity contribution in [3.63, 3.8) is 0 Å². The average molecular weight is 371 g/mol. The molecule has 0 amide bonds. The van der Waals surface area contributed by atoms with Crippen LogP contribution in [0.4, 0.5) is 11.5 Å². The molecule has 0 radical (unpaired) electrons. The van der Waals surface area contributed by atoms with Gasteiger partial charge >= 0.3 is 0 Å². The van der Waals surface area contributed by atoms with Crippen LogP contribution in [0.5, 0.6) is 0 Å². The molecule has 1 aliphatic carbocycles. The Morgan fingerprint density at radius 1 is 1.04 bits per heavy atom. The standard InChI is InChI=1S/C21H27ClN4/c1-14(2)26-12-18-19(13-26)24-21(22)25-20(18)23-17-10-8-16(9-11-17)15-6-4-3-5-7-15/h8-11,14-15H,3-7,12-13H2,1-2H3,(H,23,24,25). The molecule has 1 N–H and O–H groups in total. The van der Waals surface area contributed by atoms with Gasteiger partial charge in [0.1, 0.15) is 5.82 Å². The first-order valence-electron chi connectivity index (χ1n) is 9.76. The maximum atomic E-state index is 6.17. The van der Waals surface area contributed by atoms with Crippen molar-refractivity contribution in [1.29, 1.82) is 0 Å². The highest BCUT2D eigenvalue weighted by molar-refractivity contribution is 6.28. The van der Waals surface area contributed by atoms with Gasteiger partial charge in [0.2, 0.25) is 5.28 Å². The molecule has 1 fully saturated rings. The maximum absolute atomic E-state index is 6.17. The van der Waals surface area contributed by atoms with E-state index in [2.05, 4.69) is 58.3 Å². The van der Waals surface area contributed by atoms with Gasteiger partial charge in [0.15, 0.2) is 0 Å². The molecular weight excluding hydrogens is 344 g/mol. The predicted molar refractivity (Wildman–Crippen MR) is 107 cm³/mol. The van der Waals surface area contributed by atoms with E-state index in [1.54, 1.807) is 0 Å². The molecule has 1 aromatic carbocycles. The van der Waals surface area contributed by atoms with Gasteiger partial charge in [-0.25, -0.2) is 9.97 Å². The Bertz CT molecular complexity index is 766. The number of nitrogens with zero attached hydrogens (tertiary/aromatic N) is 3. The van der Waals surface area contributed by atoms with Gasteiger partial charge in [-0.1, -0.05) is 31.4 Å². The topological polar surface area (TPSA) is 41.1 Å². The number of aromatic nitrogens is 2. The molecule has 1 saturated carbocycles. The van der Waals surface area contributed by atoms with Crippen LogP contribution in [0, 0.1) is 0 Å². The van der Waals surface area contributed by atoms with Gasteiger partial charge in [-0.05, 0) is 61.9 Å². The summed E-state index contributed by atoms with van der Waals surface area (Å²) in [5.41, 5.74) is 4.73. The third-order valence-electron chi connectivity index (χ3n) is 5.76. The zero-order chi connectivity index (χ0) is 18.1. The number of hydrogen-bond donors (Lipinski definition) is 1. The first kappa shape index (κ1) is 17.7. The van der Waals surface area contributed by atoms with Crippen LogP contribution in [-0.2, 0) is 13.1 Å². The van der Waals surface area contributed by atoms with Crippen LogP contribution in [0.25, 0.3) is 0 Å². The monoisotopic (exact) mass is 370 g/mol. The van der Waals surface area contributed by atoms with Crippen LogP contribution >= 0.6 is 11.6 Å². The Labute approximate surface area is 161 Å². The first-order chi connectivity index (χ1) is 12.6. The lowest BCUT2D eigenvalue weighted by atomic mass is 9.84. The number of rotatable bonds is 4. The number of halogens is 1. The van der Waals surface area contributed by atoms with E-state index in [4.69, 9.17) is 11.6 Å². The van der Waals surface area contributed by atoms with Gasteiger partial charge < -0.3 is 5.32 Å². The van der Waals surface area contributed by atoms with Crippen molar-refractivity contribution in [3.05, 3.63) is 46.4 Å². The Kier molecular flexibility index (Phi) is 5.14. The lowest BCUT2D eigenvalue weighted by Crippen LogP contribution is -2.24. The predicted octanol–water partition coefficient (Wildman–Crippen LogP) is 5.65. The fourth-order valence-corrected chi connectivity index (χ4v) is 4.31. The fraction of sp³-hybridized carbons (Fsp3) is 0.524. The summed E-state index contributed by atoms with van der Waals surface area (Å²) in [7, 11) is 0. The van der Waals surface area contributed by atoms with Crippen molar-refractivity contribution in [3.8, 4) is 0 Å². The number of benzene rings is 1. The molecule has 2 heterocycles. The molecule has 2 aliphatic rings. The van der Waals surface area contributed by atoms with Crippen LogP contribution in [0.2, 0.25) is 5.28 Å². The summed E-state index contributed by atoms with van der Waals surface area (Å²) in [6.07, 6.45) is 6.77.